The molecule has 2 rings (SSSR count). The number of rotatable bonds is 4. The zero-order valence-electron chi connectivity index (χ0n) is 11.0. The van der Waals surface area contributed by atoms with Crippen molar-refractivity contribution >= 4 is 10.9 Å². The van der Waals surface area contributed by atoms with Crippen LogP contribution in [0.2, 0.25) is 0 Å². The number of pyridine rings is 2. The van der Waals surface area contributed by atoms with E-state index < -0.39 is 0 Å². The molecule has 0 bridgehead atoms. The molecule has 2 heterocycles. The minimum atomic E-state index is -0.0594. The quantitative estimate of drug-likeness (QED) is 0.829. The third-order valence-electron chi connectivity index (χ3n) is 3.16. The second kappa shape index (κ2) is 5.31. The molecule has 4 nitrogen and oxygen atoms in total. The van der Waals surface area contributed by atoms with Gasteiger partial charge in [0.25, 0.3) is 5.56 Å². The van der Waals surface area contributed by atoms with Crippen LogP contribution in [0.15, 0.2) is 35.4 Å². The van der Waals surface area contributed by atoms with Crippen LogP contribution in [0.3, 0.4) is 0 Å². The van der Waals surface area contributed by atoms with Crippen molar-refractivity contribution < 1.29 is 4.74 Å². The first-order chi connectivity index (χ1) is 8.63. The van der Waals surface area contributed by atoms with E-state index in [1.165, 1.54) is 0 Å². The molecule has 0 N–H and O–H groups in total. The molecule has 96 valence electrons. The summed E-state index contributed by atoms with van der Waals surface area (Å²) in [6.07, 6.45) is 3.48. The van der Waals surface area contributed by atoms with Crippen LogP contribution < -0.4 is 5.56 Å². The van der Waals surface area contributed by atoms with Gasteiger partial charge in [0.1, 0.15) is 5.52 Å². The predicted molar refractivity (Wildman–Crippen MR) is 71.6 cm³/mol. The van der Waals surface area contributed by atoms with Crippen molar-refractivity contribution in [3.05, 3.63) is 40.9 Å². The summed E-state index contributed by atoms with van der Waals surface area (Å²) in [6.45, 7) is 4.72. The third kappa shape index (κ3) is 2.43. The molecule has 0 aliphatic carbocycles. The lowest BCUT2D eigenvalue weighted by Crippen LogP contribution is -2.30. The van der Waals surface area contributed by atoms with Gasteiger partial charge in [-0.15, -0.1) is 0 Å². The average Bonchev–Trinajstić information content (AvgIpc) is 2.38. The van der Waals surface area contributed by atoms with Crippen molar-refractivity contribution in [3.8, 4) is 0 Å². The normalized spacial score (nSPS) is 13.1. The van der Waals surface area contributed by atoms with Crippen molar-refractivity contribution in [3.63, 3.8) is 0 Å². The van der Waals surface area contributed by atoms with Crippen LogP contribution in [0.5, 0.6) is 0 Å². The van der Waals surface area contributed by atoms with E-state index in [-0.39, 0.29) is 11.7 Å². The van der Waals surface area contributed by atoms with Crippen molar-refractivity contribution in [2.24, 2.45) is 5.92 Å². The summed E-state index contributed by atoms with van der Waals surface area (Å²) < 4.78 is 7.07. The van der Waals surface area contributed by atoms with E-state index >= 15 is 0 Å². The van der Waals surface area contributed by atoms with Crippen LogP contribution in [0.25, 0.3) is 10.9 Å². The topological polar surface area (TPSA) is 44.1 Å². The van der Waals surface area contributed by atoms with Gasteiger partial charge in [-0.25, -0.2) is 0 Å². The molecule has 1 atom stereocenters. The number of methoxy groups -OCH3 is 1. The van der Waals surface area contributed by atoms with Crippen LogP contribution >= 0.6 is 0 Å². The predicted octanol–water partition coefficient (Wildman–Crippen LogP) is 2.07. The highest BCUT2D eigenvalue weighted by atomic mass is 16.5. The summed E-state index contributed by atoms with van der Waals surface area (Å²) in [5.74, 6) is 0.362. The molecule has 18 heavy (non-hydrogen) atoms. The molecule has 0 aromatic carbocycles. The largest absolute Gasteiger partial charge is 0.379 e. The van der Waals surface area contributed by atoms with Gasteiger partial charge >= 0.3 is 0 Å². The molecular formula is C14H18N2O2. The number of fused-ring (bicyclic) bond motifs is 1. The summed E-state index contributed by atoms with van der Waals surface area (Å²) in [5.41, 5.74) is 0.453. The Hall–Kier alpha value is -1.68. The van der Waals surface area contributed by atoms with Crippen LogP contribution in [0.1, 0.15) is 13.8 Å². The van der Waals surface area contributed by atoms with Gasteiger partial charge in [-0.3, -0.25) is 9.78 Å². The van der Waals surface area contributed by atoms with E-state index in [2.05, 4.69) is 18.8 Å². The zero-order chi connectivity index (χ0) is 13.1. The summed E-state index contributed by atoms with van der Waals surface area (Å²) in [6, 6.07) is 5.64. The Morgan fingerprint density at radius 3 is 2.83 bits per heavy atom. The van der Waals surface area contributed by atoms with Crippen molar-refractivity contribution in [2.45, 2.75) is 26.5 Å². The lowest BCUT2D eigenvalue weighted by molar-refractivity contribution is 0.0504. The Bertz CT molecular complexity index is 590. The lowest BCUT2D eigenvalue weighted by Gasteiger charge is -2.20. The fraction of sp³-hybridized carbons (Fsp3) is 0.429. The second-order valence-electron chi connectivity index (χ2n) is 4.73. The maximum absolute atomic E-state index is 12.2. The first-order valence-corrected chi connectivity index (χ1v) is 6.10. The number of aromatic nitrogens is 2. The average molecular weight is 246 g/mol. The zero-order valence-corrected chi connectivity index (χ0v) is 11.0. The molecule has 1 unspecified atom stereocenters. The minimum Gasteiger partial charge on any atom is -0.379 e. The van der Waals surface area contributed by atoms with Crippen LogP contribution in [-0.4, -0.2) is 22.8 Å². The van der Waals surface area contributed by atoms with Gasteiger partial charge in [-0.2, -0.15) is 0 Å². The van der Waals surface area contributed by atoms with E-state index in [9.17, 15) is 4.79 Å². The molecule has 0 saturated carbocycles. The van der Waals surface area contributed by atoms with Gasteiger partial charge in [0, 0.05) is 24.9 Å². The molecule has 2 aromatic rings. The van der Waals surface area contributed by atoms with Crippen molar-refractivity contribution in [1.29, 1.82) is 0 Å². The smallest absolute Gasteiger partial charge is 0.277 e. The Labute approximate surface area is 106 Å². The summed E-state index contributed by atoms with van der Waals surface area (Å²) in [4.78, 5) is 16.4. The van der Waals surface area contributed by atoms with E-state index in [4.69, 9.17) is 4.74 Å². The van der Waals surface area contributed by atoms with Crippen LogP contribution in [0, 0.1) is 5.92 Å². The maximum Gasteiger partial charge on any atom is 0.277 e. The van der Waals surface area contributed by atoms with E-state index in [0.29, 0.717) is 18.0 Å². The highest BCUT2D eigenvalue weighted by Crippen LogP contribution is 2.09. The van der Waals surface area contributed by atoms with Gasteiger partial charge in [0.2, 0.25) is 0 Å². The van der Waals surface area contributed by atoms with Gasteiger partial charge in [-0.1, -0.05) is 19.9 Å². The van der Waals surface area contributed by atoms with Crippen LogP contribution in [0.4, 0.5) is 0 Å². The van der Waals surface area contributed by atoms with Crippen molar-refractivity contribution in [2.75, 3.05) is 7.11 Å². The summed E-state index contributed by atoms with van der Waals surface area (Å²) >= 11 is 0. The number of ether oxygens (including phenoxy) is 1. The third-order valence-corrected chi connectivity index (χ3v) is 3.16. The first kappa shape index (κ1) is 12.8. The number of nitrogens with zero attached hydrogens (tertiary/aromatic N) is 2. The molecule has 0 aliphatic heterocycles. The molecule has 2 aromatic heterocycles. The number of hydrogen-bond donors (Lipinski definition) is 0. The summed E-state index contributed by atoms with van der Waals surface area (Å²) in [7, 11) is 1.68. The number of hydrogen-bond acceptors (Lipinski definition) is 3. The fourth-order valence-electron chi connectivity index (χ4n) is 2.00. The van der Waals surface area contributed by atoms with Crippen molar-refractivity contribution in [1.82, 2.24) is 9.55 Å². The monoisotopic (exact) mass is 246 g/mol. The molecule has 4 heteroatoms. The molecule has 0 saturated heterocycles. The minimum absolute atomic E-state index is 0.0314. The molecule has 0 radical (unpaired) electrons. The van der Waals surface area contributed by atoms with E-state index in [1.807, 2.05) is 18.2 Å². The fourth-order valence-corrected chi connectivity index (χ4v) is 2.00. The SMILES string of the molecule is COC(Cn1ccc2cccnc2c1=O)C(C)C. The Balaban J connectivity index is 2.40. The first-order valence-electron chi connectivity index (χ1n) is 6.10. The van der Waals surface area contributed by atoms with E-state index in [1.54, 1.807) is 24.1 Å². The van der Waals surface area contributed by atoms with Gasteiger partial charge in [0.05, 0.1) is 12.6 Å². The standard InChI is InChI=1S/C14H18N2O2/c1-10(2)12(18-3)9-16-8-6-11-5-4-7-15-13(11)14(16)17/h4-8,10,12H,9H2,1-3H3. The van der Waals surface area contributed by atoms with Crippen LogP contribution in [-0.2, 0) is 11.3 Å². The van der Waals surface area contributed by atoms with Gasteiger partial charge in [0.15, 0.2) is 0 Å². The molecule has 0 spiro atoms. The highest BCUT2D eigenvalue weighted by molar-refractivity contribution is 5.76. The molecule has 0 amide bonds. The summed E-state index contributed by atoms with van der Waals surface area (Å²) in [5, 5.41) is 0.872. The lowest BCUT2D eigenvalue weighted by atomic mass is 10.1. The molecular weight excluding hydrogens is 228 g/mol. The van der Waals surface area contributed by atoms with Gasteiger partial charge < -0.3 is 9.30 Å². The second-order valence-corrected chi connectivity index (χ2v) is 4.73. The van der Waals surface area contributed by atoms with Gasteiger partial charge in [-0.05, 0) is 18.1 Å². The highest BCUT2D eigenvalue weighted by Gasteiger charge is 2.14. The molecule has 0 aliphatic rings. The Morgan fingerprint density at radius 2 is 2.17 bits per heavy atom. The molecule has 0 fully saturated rings. The van der Waals surface area contributed by atoms with E-state index in [0.717, 1.165) is 5.39 Å². The Kier molecular flexibility index (Phi) is 3.77. The Morgan fingerprint density at radius 1 is 1.39 bits per heavy atom. The maximum atomic E-state index is 12.2.